The van der Waals surface area contributed by atoms with E-state index < -0.39 is 0 Å². The number of nitrogens with zero attached hydrogens (tertiary/aromatic N) is 2. The normalized spacial score (nSPS) is 14.9. The summed E-state index contributed by atoms with van der Waals surface area (Å²) >= 11 is 0. The molecule has 0 bridgehead atoms. The van der Waals surface area contributed by atoms with Crippen LogP contribution >= 0.6 is 0 Å². The van der Waals surface area contributed by atoms with Crippen LogP contribution in [0, 0.1) is 13.8 Å². The van der Waals surface area contributed by atoms with Gasteiger partial charge in [0.1, 0.15) is 17.3 Å². The first-order chi connectivity index (χ1) is 9.11. The first-order valence-corrected chi connectivity index (χ1v) is 7.06. The van der Waals surface area contributed by atoms with Crippen molar-refractivity contribution < 1.29 is 0 Å². The SMILES string of the molecule is CCc1nc(-c2ccc(C)cc2C)c(N)n1C1CC1. The van der Waals surface area contributed by atoms with Gasteiger partial charge in [-0.2, -0.15) is 0 Å². The molecular weight excluding hydrogens is 234 g/mol. The molecule has 1 fully saturated rings. The zero-order valence-electron chi connectivity index (χ0n) is 11.9. The van der Waals surface area contributed by atoms with Crippen molar-refractivity contribution in [2.45, 2.75) is 46.1 Å². The Morgan fingerprint density at radius 3 is 2.63 bits per heavy atom. The zero-order valence-corrected chi connectivity index (χ0v) is 11.9. The summed E-state index contributed by atoms with van der Waals surface area (Å²) in [6.07, 6.45) is 3.41. The molecule has 1 aromatic carbocycles. The van der Waals surface area contributed by atoms with Crippen molar-refractivity contribution in [1.29, 1.82) is 0 Å². The van der Waals surface area contributed by atoms with Crippen molar-refractivity contribution in [2.24, 2.45) is 0 Å². The Morgan fingerprint density at radius 2 is 2.05 bits per heavy atom. The minimum Gasteiger partial charge on any atom is -0.383 e. The number of rotatable bonds is 3. The number of hydrogen-bond acceptors (Lipinski definition) is 2. The molecule has 100 valence electrons. The zero-order chi connectivity index (χ0) is 13.6. The topological polar surface area (TPSA) is 43.8 Å². The molecule has 0 radical (unpaired) electrons. The lowest BCUT2D eigenvalue weighted by Gasteiger charge is -2.08. The van der Waals surface area contributed by atoms with Gasteiger partial charge in [-0.15, -0.1) is 0 Å². The fraction of sp³-hybridized carbons (Fsp3) is 0.438. The summed E-state index contributed by atoms with van der Waals surface area (Å²) in [7, 11) is 0. The molecule has 1 aromatic heterocycles. The van der Waals surface area contributed by atoms with E-state index in [1.165, 1.54) is 24.0 Å². The van der Waals surface area contributed by atoms with Gasteiger partial charge in [-0.3, -0.25) is 0 Å². The van der Waals surface area contributed by atoms with Crippen molar-refractivity contribution in [2.75, 3.05) is 5.73 Å². The lowest BCUT2D eigenvalue weighted by atomic mass is 10.0. The third-order valence-corrected chi connectivity index (χ3v) is 3.89. The Labute approximate surface area is 114 Å². The van der Waals surface area contributed by atoms with Crippen LogP contribution in [0.2, 0.25) is 0 Å². The molecule has 0 saturated heterocycles. The number of nitrogen functional groups attached to an aromatic ring is 1. The molecule has 0 spiro atoms. The van der Waals surface area contributed by atoms with E-state index in [1.54, 1.807) is 0 Å². The van der Waals surface area contributed by atoms with Crippen LogP contribution in [-0.2, 0) is 6.42 Å². The predicted molar refractivity (Wildman–Crippen MR) is 79.2 cm³/mol. The lowest BCUT2D eigenvalue weighted by molar-refractivity contribution is 0.696. The fourth-order valence-corrected chi connectivity index (χ4v) is 2.76. The third kappa shape index (κ3) is 2.03. The number of aromatic nitrogens is 2. The third-order valence-electron chi connectivity index (χ3n) is 3.89. The smallest absolute Gasteiger partial charge is 0.132 e. The van der Waals surface area contributed by atoms with Crippen molar-refractivity contribution in [3.05, 3.63) is 35.2 Å². The van der Waals surface area contributed by atoms with Crippen molar-refractivity contribution >= 4 is 5.82 Å². The molecule has 0 unspecified atom stereocenters. The van der Waals surface area contributed by atoms with E-state index in [9.17, 15) is 0 Å². The van der Waals surface area contributed by atoms with E-state index in [2.05, 4.69) is 43.5 Å². The van der Waals surface area contributed by atoms with Crippen LogP contribution < -0.4 is 5.73 Å². The summed E-state index contributed by atoms with van der Waals surface area (Å²) in [6.45, 7) is 6.39. The highest BCUT2D eigenvalue weighted by Crippen LogP contribution is 2.41. The molecule has 1 aliphatic carbocycles. The first-order valence-electron chi connectivity index (χ1n) is 7.06. The molecule has 0 amide bonds. The van der Waals surface area contributed by atoms with Gasteiger partial charge in [0.15, 0.2) is 0 Å². The molecule has 0 aliphatic heterocycles. The molecular formula is C16H21N3. The fourth-order valence-electron chi connectivity index (χ4n) is 2.76. The standard InChI is InChI=1S/C16H21N3/c1-4-14-18-15(16(17)19(14)12-6-7-12)13-8-5-10(2)9-11(13)3/h5,8-9,12H,4,6-7,17H2,1-3H3. The van der Waals surface area contributed by atoms with Gasteiger partial charge in [0, 0.05) is 18.0 Å². The van der Waals surface area contributed by atoms with Crippen molar-refractivity contribution in [3.8, 4) is 11.3 Å². The molecule has 2 N–H and O–H groups in total. The average Bonchev–Trinajstić information content (AvgIpc) is 3.14. The van der Waals surface area contributed by atoms with E-state index in [-0.39, 0.29) is 0 Å². The Balaban J connectivity index is 2.14. The summed E-state index contributed by atoms with van der Waals surface area (Å²) < 4.78 is 2.24. The summed E-state index contributed by atoms with van der Waals surface area (Å²) in [5, 5.41) is 0. The minimum atomic E-state index is 0.585. The van der Waals surface area contributed by atoms with Crippen molar-refractivity contribution in [3.63, 3.8) is 0 Å². The Kier molecular flexibility index (Phi) is 2.85. The summed E-state index contributed by atoms with van der Waals surface area (Å²) in [5.74, 6) is 1.96. The Hall–Kier alpha value is -1.77. The number of hydrogen-bond donors (Lipinski definition) is 1. The molecule has 1 saturated carbocycles. The maximum absolute atomic E-state index is 6.36. The van der Waals surface area contributed by atoms with Crippen LogP contribution in [-0.4, -0.2) is 9.55 Å². The quantitative estimate of drug-likeness (QED) is 0.909. The van der Waals surface area contributed by atoms with Crippen LogP contribution in [0.5, 0.6) is 0 Å². The molecule has 19 heavy (non-hydrogen) atoms. The Bertz CT molecular complexity index is 621. The highest BCUT2D eigenvalue weighted by molar-refractivity contribution is 5.74. The maximum Gasteiger partial charge on any atom is 0.132 e. The molecule has 3 nitrogen and oxygen atoms in total. The first kappa shape index (κ1) is 12.3. The summed E-state index contributed by atoms with van der Waals surface area (Å²) in [5.41, 5.74) is 11.0. The number of imidazole rings is 1. The van der Waals surface area contributed by atoms with Crippen LogP contribution in [0.3, 0.4) is 0 Å². The second-order valence-electron chi connectivity index (χ2n) is 5.53. The Morgan fingerprint density at radius 1 is 1.32 bits per heavy atom. The van der Waals surface area contributed by atoms with Gasteiger partial charge >= 0.3 is 0 Å². The molecule has 1 aliphatic rings. The second kappa shape index (κ2) is 4.41. The van der Waals surface area contributed by atoms with E-state index in [0.717, 1.165) is 29.3 Å². The monoisotopic (exact) mass is 255 g/mol. The number of benzene rings is 1. The van der Waals surface area contributed by atoms with Crippen LogP contribution in [0.25, 0.3) is 11.3 Å². The van der Waals surface area contributed by atoms with Crippen LogP contribution in [0.4, 0.5) is 5.82 Å². The van der Waals surface area contributed by atoms with Gasteiger partial charge in [0.2, 0.25) is 0 Å². The van der Waals surface area contributed by atoms with E-state index in [1.807, 2.05) is 0 Å². The van der Waals surface area contributed by atoms with Crippen LogP contribution in [0.1, 0.15) is 42.8 Å². The van der Waals surface area contributed by atoms with Gasteiger partial charge in [0.05, 0.1) is 0 Å². The predicted octanol–water partition coefficient (Wildman–Crippen LogP) is 3.65. The van der Waals surface area contributed by atoms with Gasteiger partial charge in [-0.25, -0.2) is 4.98 Å². The van der Waals surface area contributed by atoms with Gasteiger partial charge in [0.25, 0.3) is 0 Å². The molecule has 0 atom stereocenters. The molecule has 3 heteroatoms. The minimum absolute atomic E-state index is 0.585. The van der Waals surface area contributed by atoms with Gasteiger partial charge in [-0.05, 0) is 32.3 Å². The second-order valence-corrected chi connectivity index (χ2v) is 5.53. The van der Waals surface area contributed by atoms with Gasteiger partial charge < -0.3 is 10.3 Å². The average molecular weight is 255 g/mol. The molecule has 1 heterocycles. The number of nitrogens with two attached hydrogens (primary N) is 1. The van der Waals surface area contributed by atoms with Crippen LogP contribution in [0.15, 0.2) is 18.2 Å². The summed E-state index contributed by atoms with van der Waals surface area (Å²) in [6, 6.07) is 7.04. The van der Waals surface area contributed by atoms with Gasteiger partial charge in [-0.1, -0.05) is 30.7 Å². The molecule has 3 rings (SSSR count). The van der Waals surface area contributed by atoms with Crippen molar-refractivity contribution in [1.82, 2.24) is 9.55 Å². The van der Waals surface area contributed by atoms with E-state index in [4.69, 9.17) is 10.7 Å². The largest absolute Gasteiger partial charge is 0.383 e. The number of aryl methyl sites for hydroxylation is 3. The maximum atomic E-state index is 6.36. The summed E-state index contributed by atoms with van der Waals surface area (Å²) in [4.78, 5) is 4.79. The van der Waals surface area contributed by atoms with E-state index >= 15 is 0 Å². The highest BCUT2D eigenvalue weighted by Gasteiger charge is 2.29. The van der Waals surface area contributed by atoms with E-state index in [0.29, 0.717) is 6.04 Å². The lowest BCUT2D eigenvalue weighted by Crippen LogP contribution is -2.04. The number of anilines is 1. The highest BCUT2D eigenvalue weighted by atomic mass is 15.2. The molecule has 2 aromatic rings.